The summed E-state index contributed by atoms with van der Waals surface area (Å²) >= 11 is 0. The molecular weight excluding hydrogens is 306 g/mol. The van der Waals surface area contributed by atoms with Crippen LogP contribution in [0.1, 0.15) is 19.3 Å². The van der Waals surface area contributed by atoms with Gasteiger partial charge in [-0.3, -0.25) is 5.41 Å². The Morgan fingerprint density at radius 2 is 1.46 bits per heavy atom. The maximum absolute atomic E-state index is 10.4. The van der Waals surface area contributed by atoms with Crippen molar-refractivity contribution in [2.75, 3.05) is 20.8 Å². The number of hydrogen-bond acceptors (Lipinski definition) is 5. The highest BCUT2D eigenvalue weighted by Crippen LogP contribution is 2.11. The van der Waals surface area contributed by atoms with Crippen LogP contribution in [0.3, 0.4) is 0 Å². The highest BCUT2D eigenvalue weighted by atomic mass is 16.7. The van der Waals surface area contributed by atoms with Gasteiger partial charge in [-0.2, -0.15) is 0 Å². The lowest BCUT2D eigenvalue weighted by molar-refractivity contribution is 0.0716. The maximum Gasteiger partial charge on any atom is 0.507 e. The Hall–Kier alpha value is -2.60. The van der Waals surface area contributed by atoms with Gasteiger partial charge in [-0.1, -0.05) is 48.5 Å². The van der Waals surface area contributed by atoms with E-state index in [1.807, 2.05) is 0 Å². The number of carbonyl (C=O) groups excluding carboxylic acids is 1. The van der Waals surface area contributed by atoms with Crippen molar-refractivity contribution in [2.24, 2.45) is 11.5 Å². The predicted molar refractivity (Wildman–Crippen MR) is 98.2 cm³/mol. The Bertz CT molecular complexity index is 537. The van der Waals surface area contributed by atoms with Gasteiger partial charge in [0.25, 0.3) is 0 Å². The van der Waals surface area contributed by atoms with Gasteiger partial charge in [-0.15, -0.1) is 0 Å². The van der Waals surface area contributed by atoms with Crippen molar-refractivity contribution in [3.8, 4) is 0 Å². The van der Waals surface area contributed by atoms with Gasteiger partial charge >= 0.3 is 6.16 Å². The molecule has 2 aromatic rings. The SMILES string of the molecule is CN.COC(=O)OCCCCC(=N)N.c1ccc2ccccc2c1. The molecule has 0 heterocycles. The fraction of sp³-hybridized carbons (Fsp3) is 0.333. The number of carbonyl (C=O) groups is 1. The van der Waals surface area contributed by atoms with E-state index in [0.717, 1.165) is 6.42 Å². The van der Waals surface area contributed by atoms with Gasteiger partial charge in [0, 0.05) is 6.42 Å². The van der Waals surface area contributed by atoms with Crippen LogP contribution in [0.4, 0.5) is 4.79 Å². The van der Waals surface area contributed by atoms with E-state index in [2.05, 4.69) is 63.7 Å². The van der Waals surface area contributed by atoms with E-state index in [-0.39, 0.29) is 5.84 Å². The zero-order valence-corrected chi connectivity index (χ0v) is 14.3. The Morgan fingerprint density at radius 1 is 1.00 bits per heavy atom. The summed E-state index contributed by atoms with van der Waals surface area (Å²) in [6.07, 6.45) is 1.34. The van der Waals surface area contributed by atoms with Crippen LogP contribution in [0.2, 0.25) is 0 Å². The summed E-state index contributed by atoms with van der Waals surface area (Å²) in [6.45, 7) is 0.319. The third kappa shape index (κ3) is 10.2. The Morgan fingerprint density at radius 3 is 1.83 bits per heavy atom. The van der Waals surface area contributed by atoms with Gasteiger partial charge in [0.05, 0.1) is 19.6 Å². The number of amidine groups is 1. The average molecular weight is 333 g/mol. The van der Waals surface area contributed by atoms with E-state index in [1.54, 1.807) is 0 Å². The first-order valence-electron chi connectivity index (χ1n) is 7.68. The van der Waals surface area contributed by atoms with Crippen LogP contribution >= 0.6 is 0 Å². The zero-order chi connectivity index (χ0) is 18.2. The number of unbranched alkanes of at least 4 members (excludes halogenated alkanes) is 1. The molecule has 0 aromatic heterocycles. The number of ether oxygens (including phenoxy) is 2. The second kappa shape index (κ2) is 14.0. The summed E-state index contributed by atoms with van der Waals surface area (Å²) in [5, 5.41) is 9.52. The number of nitrogens with one attached hydrogen (secondary N) is 1. The highest BCUT2D eigenvalue weighted by Gasteiger charge is 1.98. The lowest BCUT2D eigenvalue weighted by Gasteiger charge is -2.01. The minimum absolute atomic E-state index is 0.160. The molecule has 6 heteroatoms. The van der Waals surface area contributed by atoms with E-state index in [4.69, 9.17) is 11.1 Å². The van der Waals surface area contributed by atoms with Gasteiger partial charge in [-0.05, 0) is 30.7 Å². The molecule has 0 saturated carbocycles. The van der Waals surface area contributed by atoms with Crippen LogP contribution in [-0.4, -0.2) is 32.8 Å². The predicted octanol–water partition coefficient (Wildman–Crippen LogP) is 3.29. The average Bonchev–Trinajstić information content (AvgIpc) is 2.63. The number of hydrogen-bond donors (Lipinski definition) is 3. The molecule has 6 nitrogen and oxygen atoms in total. The van der Waals surface area contributed by atoms with E-state index in [1.165, 1.54) is 24.9 Å². The van der Waals surface area contributed by atoms with Crippen LogP contribution in [0, 0.1) is 5.41 Å². The maximum atomic E-state index is 10.4. The minimum Gasteiger partial charge on any atom is -0.438 e. The Kier molecular flexibility index (Phi) is 12.5. The highest BCUT2D eigenvalue weighted by molar-refractivity contribution is 5.82. The Labute approximate surface area is 143 Å². The monoisotopic (exact) mass is 333 g/mol. The van der Waals surface area contributed by atoms with Crippen LogP contribution in [-0.2, 0) is 9.47 Å². The standard InChI is InChI=1S/C10H8.C7H14N2O3.CH5N/c1-2-6-10-8-4-3-7-9(10)5-1;1-11-7(10)12-5-3-2-4-6(8)9;1-2/h1-8H;2-5H2,1H3,(H3,8,9);2H2,1H3. The number of nitrogens with two attached hydrogens (primary N) is 2. The summed E-state index contributed by atoms with van der Waals surface area (Å²) < 4.78 is 8.85. The molecule has 24 heavy (non-hydrogen) atoms. The third-order valence-electron chi connectivity index (χ3n) is 2.89. The van der Waals surface area contributed by atoms with E-state index in [9.17, 15) is 4.79 Å². The van der Waals surface area contributed by atoms with Gasteiger partial charge < -0.3 is 20.9 Å². The van der Waals surface area contributed by atoms with E-state index >= 15 is 0 Å². The molecule has 5 N–H and O–H groups in total. The molecule has 2 aromatic carbocycles. The number of rotatable bonds is 5. The number of benzene rings is 2. The van der Waals surface area contributed by atoms with Gasteiger partial charge in [0.2, 0.25) is 0 Å². The first kappa shape index (κ1) is 21.4. The summed E-state index contributed by atoms with van der Waals surface area (Å²) in [5.41, 5.74) is 9.61. The summed E-state index contributed by atoms with van der Waals surface area (Å²) in [6, 6.07) is 16.7. The lowest BCUT2D eigenvalue weighted by Crippen LogP contribution is -2.10. The van der Waals surface area contributed by atoms with Crippen molar-refractivity contribution >= 4 is 22.8 Å². The first-order valence-corrected chi connectivity index (χ1v) is 7.68. The van der Waals surface area contributed by atoms with Crippen LogP contribution in [0.5, 0.6) is 0 Å². The first-order chi connectivity index (χ1) is 11.6. The van der Waals surface area contributed by atoms with Crippen LogP contribution in [0.15, 0.2) is 48.5 Å². The van der Waals surface area contributed by atoms with E-state index in [0.29, 0.717) is 19.4 Å². The quantitative estimate of drug-likeness (QED) is 0.336. The smallest absolute Gasteiger partial charge is 0.438 e. The van der Waals surface area contributed by atoms with Crippen molar-refractivity contribution in [1.82, 2.24) is 0 Å². The topological polar surface area (TPSA) is 111 Å². The molecule has 0 bridgehead atoms. The summed E-state index contributed by atoms with van der Waals surface area (Å²) in [4.78, 5) is 10.4. The normalized spacial score (nSPS) is 8.96. The van der Waals surface area contributed by atoms with Crippen molar-refractivity contribution in [2.45, 2.75) is 19.3 Å². The fourth-order valence-electron chi connectivity index (χ4n) is 1.76. The zero-order valence-electron chi connectivity index (χ0n) is 14.3. The van der Waals surface area contributed by atoms with Gasteiger partial charge in [0.1, 0.15) is 0 Å². The van der Waals surface area contributed by atoms with Crippen molar-refractivity contribution in [3.05, 3.63) is 48.5 Å². The molecule has 0 amide bonds. The largest absolute Gasteiger partial charge is 0.507 e. The second-order valence-corrected chi connectivity index (χ2v) is 4.63. The molecular formula is C18H27N3O3. The summed E-state index contributed by atoms with van der Waals surface area (Å²) in [7, 11) is 2.76. The van der Waals surface area contributed by atoms with Crippen molar-refractivity contribution in [3.63, 3.8) is 0 Å². The van der Waals surface area contributed by atoms with E-state index < -0.39 is 6.16 Å². The number of methoxy groups -OCH3 is 1. The van der Waals surface area contributed by atoms with Crippen molar-refractivity contribution in [1.29, 1.82) is 5.41 Å². The Balaban J connectivity index is 0.000000402. The van der Waals surface area contributed by atoms with Gasteiger partial charge in [-0.25, -0.2) is 4.79 Å². The fourth-order valence-corrected chi connectivity index (χ4v) is 1.76. The molecule has 0 radical (unpaired) electrons. The molecule has 0 unspecified atom stereocenters. The second-order valence-electron chi connectivity index (χ2n) is 4.63. The number of fused-ring (bicyclic) bond motifs is 1. The van der Waals surface area contributed by atoms with Gasteiger partial charge in [0.15, 0.2) is 0 Å². The summed E-state index contributed by atoms with van der Waals surface area (Å²) in [5.74, 6) is 0.160. The molecule has 0 saturated heterocycles. The van der Waals surface area contributed by atoms with Crippen LogP contribution in [0.25, 0.3) is 10.8 Å². The molecule has 2 rings (SSSR count). The molecule has 0 atom stereocenters. The molecule has 0 fully saturated rings. The van der Waals surface area contributed by atoms with Crippen LogP contribution < -0.4 is 11.5 Å². The molecule has 0 spiro atoms. The third-order valence-corrected chi connectivity index (χ3v) is 2.89. The molecule has 0 aliphatic heterocycles. The lowest BCUT2D eigenvalue weighted by atomic mass is 10.1. The minimum atomic E-state index is -0.669. The molecule has 0 aliphatic carbocycles. The van der Waals surface area contributed by atoms with Crippen molar-refractivity contribution < 1.29 is 14.3 Å². The molecule has 132 valence electrons. The molecule has 0 aliphatic rings.